The van der Waals surface area contributed by atoms with Gasteiger partial charge in [0.05, 0.1) is 0 Å². The molecule has 1 saturated heterocycles. The number of hydrogen-bond acceptors (Lipinski definition) is 3. The second-order valence-electron chi connectivity index (χ2n) is 3.74. The molecule has 4 heteroatoms. The molecule has 4 nitrogen and oxygen atoms in total. The van der Waals surface area contributed by atoms with Crippen LogP contribution in [0, 0.1) is 5.92 Å². The first-order chi connectivity index (χ1) is 6.74. The molecule has 0 aliphatic carbocycles. The molecule has 1 atom stereocenters. The number of amides is 1. The average molecular weight is 199 g/mol. The van der Waals surface area contributed by atoms with E-state index in [9.17, 15) is 9.59 Å². The molecular formula is C10H17NO3. The van der Waals surface area contributed by atoms with Crippen LogP contribution in [0.3, 0.4) is 0 Å². The lowest BCUT2D eigenvalue weighted by Crippen LogP contribution is -2.36. The van der Waals surface area contributed by atoms with E-state index in [2.05, 4.69) is 0 Å². The average Bonchev–Trinajstić information content (AvgIpc) is 2.26. The lowest BCUT2D eigenvalue weighted by Gasteiger charge is -2.26. The minimum absolute atomic E-state index is 0.193. The van der Waals surface area contributed by atoms with E-state index in [0.29, 0.717) is 0 Å². The summed E-state index contributed by atoms with van der Waals surface area (Å²) in [7, 11) is 0. The summed E-state index contributed by atoms with van der Waals surface area (Å²) in [5.74, 6) is -0.205. The number of hydrogen-bond donors (Lipinski definition) is 0. The standard InChI is InChI=1S/C10H17NO3/c1-9(7-12)8-14-10(13)11-5-3-2-4-6-11/h7,9H,2-6,8H2,1H3. The third-order valence-electron chi connectivity index (χ3n) is 2.32. The van der Waals surface area contributed by atoms with Gasteiger partial charge in [0.1, 0.15) is 12.9 Å². The van der Waals surface area contributed by atoms with Gasteiger partial charge in [0, 0.05) is 19.0 Å². The molecule has 0 aromatic rings. The van der Waals surface area contributed by atoms with Gasteiger partial charge < -0.3 is 14.4 Å². The highest BCUT2D eigenvalue weighted by atomic mass is 16.6. The van der Waals surface area contributed by atoms with Gasteiger partial charge in [0.25, 0.3) is 0 Å². The van der Waals surface area contributed by atoms with Crippen LogP contribution >= 0.6 is 0 Å². The van der Waals surface area contributed by atoms with Crippen molar-refractivity contribution in [3.8, 4) is 0 Å². The maximum atomic E-state index is 11.4. The number of piperidine rings is 1. The predicted molar refractivity (Wildman–Crippen MR) is 52.0 cm³/mol. The van der Waals surface area contributed by atoms with E-state index in [4.69, 9.17) is 4.74 Å². The van der Waals surface area contributed by atoms with Crippen LogP contribution in [0.15, 0.2) is 0 Å². The summed E-state index contributed by atoms with van der Waals surface area (Å²) in [5, 5.41) is 0. The highest BCUT2D eigenvalue weighted by Gasteiger charge is 2.17. The quantitative estimate of drug-likeness (QED) is 0.646. The van der Waals surface area contributed by atoms with Gasteiger partial charge in [0.2, 0.25) is 0 Å². The molecule has 1 rings (SSSR count). The molecule has 0 aromatic heterocycles. The fourth-order valence-corrected chi connectivity index (χ4v) is 1.41. The molecular weight excluding hydrogens is 182 g/mol. The van der Waals surface area contributed by atoms with Gasteiger partial charge in [-0.25, -0.2) is 4.79 Å². The van der Waals surface area contributed by atoms with Gasteiger partial charge >= 0.3 is 6.09 Å². The molecule has 0 radical (unpaired) electrons. The number of ether oxygens (including phenoxy) is 1. The summed E-state index contributed by atoms with van der Waals surface area (Å²) in [6.07, 6.45) is 3.81. The molecule has 0 saturated carbocycles. The normalized spacial score (nSPS) is 18.8. The first-order valence-electron chi connectivity index (χ1n) is 5.11. The van der Waals surface area contributed by atoms with Crippen molar-refractivity contribution >= 4 is 12.4 Å². The smallest absolute Gasteiger partial charge is 0.409 e. The van der Waals surface area contributed by atoms with Crippen molar-refractivity contribution in [1.82, 2.24) is 4.90 Å². The largest absolute Gasteiger partial charge is 0.449 e. The summed E-state index contributed by atoms with van der Waals surface area (Å²) in [5.41, 5.74) is 0. The molecule has 0 spiro atoms. The Morgan fingerprint density at radius 3 is 2.64 bits per heavy atom. The SMILES string of the molecule is CC(C=O)COC(=O)N1CCCCC1. The first-order valence-corrected chi connectivity index (χ1v) is 5.11. The maximum Gasteiger partial charge on any atom is 0.409 e. The van der Waals surface area contributed by atoms with Crippen LogP contribution in [0.2, 0.25) is 0 Å². The lowest BCUT2D eigenvalue weighted by molar-refractivity contribution is -0.111. The first kappa shape index (κ1) is 11.0. The van der Waals surface area contributed by atoms with Gasteiger partial charge in [-0.15, -0.1) is 0 Å². The van der Waals surface area contributed by atoms with E-state index >= 15 is 0 Å². The molecule has 1 fully saturated rings. The van der Waals surface area contributed by atoms with Gasteiger partial charge in [-0.1, -0.05) is 6.92 Å². The summed E-state index contributed by atoms with van der Waals surface area (Å²) in [4.78, 5) is 23.4. The van der Waals surface area contributed by atoms with Crippen molar-refractivity contribution in [2.24, 2.45) is 5.92 Å². The minimum Gasteiger partial charge on any atom is -0.449 e. The van der Waals surface area contributed by atoms with Gasteiger partial charge in [-0.05, 0) is 19.3 Å². The molecule has 1 aliphatic heterocycles. The highest BCUT2D eigenvalue weighted by molar-refractivity contribution is 5.68. The number of aldehydes is 1. The van der Waals surface area contributed by atoms with Crippen molar-refractivity contribution in [3.05, 3.63) is 0 Å². The van der Waals surface area contributed by atoms with Crippen molar-refractivity contribution in [2.75, 3.05) is 19.7 Å². The van der Waals surface area contributed by atoms with Crippen LogP contribution in [-0.2, 0) is 9.53 Å². The van der Waals surface area contributed by atoms with Crippen molar-refractivity contribution in [2.45, 2.75) is 26.2 Å². The van der Waals surface area contributed by atoms with Crippen LogP contribution in [0.1, 0.15) is 26.2 Å². The summed E-state index contributed by atoms with van der Waals surface area (Å²) in [6.45, 7) is 3.50. The fourth-order valence-electron chi connectivity index (χ4n) is 1.41. The van der Waals surface area contributed by atoms with Crippen LogP contribution in [0.25, 0.3) is 0 Å². The topological polar surface area (TPSA) is 46.6 Å². The summed E-state index contributed by atoms with van der Waals surface area (Å²) >= 11 is 0. The Hall–Kier alpha value is -1.06. The minimum atomic E-state index is -0.279. The van der Waals surface area contributed by atoms with E-state index in [-0.39, 0.29) is 18.6 Å². The molecule has 1 aliphatic rings. The Kier molecular flexibility index (Phi) is 4.43. The zero-order chi connectivity index (χ0) is 10.4. The van der Waals surface area contributed by atoms with Crippen molar-refractivity contribution < 1.29 is 14.3 Å². The lowest BCUT2D eigenvalue weighted by atomic mass is 10.1. The van der Waals surface area contributed by atoms with E-state index in [1.807, 2.05) is 0 Å². The summed E-state index contributed by atoms with van der Waals surface area (Å²) < 4.78 is 4.99. The molecule has 1 unspecified atom stereocenters. The molecule has 14 heavy (non-hydrogen) atoms. The van der Waals surface area contributed by atoms with Gasteiger partial charge in [0.15, 0.2) is 0 Å². The second kappa shape index (κ2) is 5.62. The van der Waals surface area contributed by atoms with Crippen molar-refractivity contribution in [1.29, 1.82) is 0 Å². The Morgan fingerprint density at radius 2 is 2.07 bits per heavy atom. The molecule has 0 bridgehead atoms. The third kappa shape index (κ3) is 3.36. The van der Waals surface area contributed by atoms with Crippen LogP contribution < -0.4 is 0 Å². The zero-order valence-corrected chi connectivity index (χ0v) is 8.57. The molecule has 0 aromatic carbocycles. The van der Waals surface area contributed by atoms with Crippen LogP contribution in [0.4, 0.5) is 4.79 Å². The van der Waals surface area contributed by atoms with Gasteiger partial charge in [-0.3, -0.25) is 0 Å². The number of carbonyl (C=O) groups is 2. The number of likely N-dealkylation sites (tertiary alicyclic amines) is 1. The second-order valence-corrected chi connectivity index (χ2v) is 3.74. The fraction of sp³-hybridized carbons (Fsp3) is 0.800. The Labute approximate surface area is 84.2 Å². The van der Waals surface area contributed by atoms with E-state index in [1.165, 1.54) is 6.42 Å². The molecule has 80 valence electrons. The van der Waals surface area contributed by atoms with Crippen molar-refractivity contribution in [3.63, 3.8) is 0 Å². The molecule has 0 N–H and O–H groups in total. The molecule has 1 amide bonds. The number of nitrogens with zero attached hydrogens (tertiary/aromatic N) is 1. The third-order valence-corrected chi connectivity index (χ3v) is 2.32. The van der Waals surface area contributed by atoms with Crippen LogP contribution in [-0.4, -0.2) is 37.0 Å². The maximum absolute atomic E-state index is 11.4. The predicted octanol–water partition coefficient (Wildman–Crippen LogP) is 1.44. The zero-order valence-electron chi connectivity index (χ0n) is 8.57. The summed E-state index contributed by atoms with van der Waals surface area (Å²) in [6, 6.07) is 0. The molecule has 1 heterocycles. The highest BCUT2D eigenvalue weighted by Crippen LogP contribution is 2.10. The van der Waals surface area contributed by atoms with E-state index in [1.54, 1.807) is 11.8 Å². The van der Waals surface area contributed by atoms with E-state index in [0.717, 1.165) is 32.2 Å². The van der Waals surface area contributed by atoms with Gasteiger partial charge in [-0.2, -0.15) is 0 Å². The van der Waals surface area contributed by atoms with E-state index < -0.39 is 0 Å². The Bertz CT molecular complexity index is 200. The Balaban J connectivity index is 2.22. The Morgan fingerprint density at radius 1 is 1.43 bits per heavy atom. The number of carbonyl (C=O) groups excluding carboxylic acids is 2. The monoisotopic (exact) mass is 199 g/mol. The number of rotatable bonds is 3. The van der Waals surface area contributed by atoms with Crippen LogP contribution in [0.5, 0.6) is 0 Å².